The van der Waals surface area contributed by atoms with Crippen LogP contribution in [0.25, 0.3) is 0 Å². The summed E-state index contributed by atoms with van der Waals surface area (Å²) in [5.74, 6) is 0. The fourth-order valence-electron chi connectivity index (χ4n) is 3.71. The number of benzene rings is 1. The molecule has 0 saturated carbocycles. The van der Waals surface area contributed by atoms with Gasteiger partial charge in [-0.05, 0) is 37.1 Å². The predicted octanol–water partition coefficient (Wildman–Crippen LogP) is 1.21. The van der Waals surface area contributed by atoms with E-state index in [1.165, 1.54) is 11.1 Å². The Morgan fingerprint density at radius 2 is 1.82 bits per heavy atom. The van der Waals surface area contributed by atoms with Gasteiger partial charge in [0.2, 0.25) is 0 Å². The molecule has 1 saturated heterocycles. The standard InChI is InChI=1S/C18H28N2O2/c1-3-20(4-2)11-17-18(21)16(12-22-17)19-15-9-13-7-5-6-8-14(13)10-15/h5-8,15-19,21H,3-4,9-12H2,1-2H3/t16?,17-,18+/m0/s1. The van der Waals surface area contributed by atoms with Crippen LogP contribution in [0.1, 0.15) is 25.0 Å². The maximum absolute atomic E-state index is 10.6. The van der Waals surface area contributed by atoms with E-state index in [-0.39, 0.29) is 12.1 Å². The van der Waals surface area contributed by atoms with Gasteiger partial charge in [-0.25, -0.2) is 0 Å². The lowest BCUT2D eigenvalue weighted by molar-refractivity contribution is 0.0169. The summed E-state index contributed by atoms with van der Waals surface area (Å²) in [5, 5.41) is 14.2. The molecule has 0 radical (unpaired) electrons. The molecule has 1 aliphatic carbocycles. The van der Waals surface area contributed by atoms with E-state index < -0.39 is 6.10 Å². The first-order valence-electron chi connectivity index (χ1n) is 8.56. The molecule has 122 valence electrons. The molecule has 3 atom stereocenters. The van der Waals surface area contributed by atoms with Crippen molar-refractivity contribution in [1.29, 1.82) is 0 Å². The topological polar surface area (TPSA) is 44.7 Å². The molecule has 0 spiro atoms. The number of ether oxygens (including phenoxy) is 1. The molecule has 0 amide bonds. The molecule has 1 aromatic carbocycles. The molecule has 1 fully saturated rings. The summed E-state index contributed by atoms with van der Waals surface area (Å²) in [6.07, 6.45) is 1.63. The van der Waals surface area contributed by atoms with E-state index in [1.54, 1.807) is 0 Å². The maximum atomic E-state index is 10.6. The van der Waals surface area contributed by atoms with E-state index in [0.29, 0.717) is 12.6 Å². The van der Waals surface area contributed by atoms with Crippen molar-refractivity contribution in [2.75, 3.05) is 26.2 Å². The van der Waals surface area contributed by atoms with Crippen molar-refractivity contribution >= 4 is 0 Å². The van der Waals surface area contributed by atoms with Crippen LogP contribution in [0.15, 0.2) is 24.3 Å². The van der Waals surface area contributed by atoms with Gasteiger partial charge in [-0.3, -0.25) is 0 Å². The van der Waals surface area contributed by atoms with Gasteiger partial charge in [0.15, 0.2) is 0 Å². The van der Waals surface area contributed by atoms with Gasteiger partial charge in [0.1, 0.15) is 0 Å². The minimum Gasteiger partial charge on any atom is -0.389 e. The highest BCUT2D eigenvalue weighted by atomic mass is 16.5. The Labute approximate surface area is 133 Å². The first-order chi connectivity index (χ1) is 10.7. The molecule has 1 aromatic rings. The minimum atomic E-state index is -0.413. The summed E-state index contributed by atoms with van der Waals surface area (Å²) in [4.78, 5) is 2.31. The molecular formula is C18H28N2O2. The van der Waals surface area contributed by atoms with Crippen LogP contribution in [0.4, 0.5) is 0 Å². The molecule has 4 heteroatoms. The molecule has 3 rings (SSSR count). The van der Waals surface area contributed by atoms with Gasteiger partial charge in [-0.15, -0.1) is 0 Å². The summed E-state index contributed by atoms with van der Waals surface area (Å²) in [6, 6.07) is 9.11. The lowest BCUT2D eigenvalue weighted by Gasteiger charge is -2.25. The molecule has 4 nitrogen and oxygen atoms in total. The van der Waals surface area contributed by atoms with Gasteiger partial charge < -0.3 is 20.1 Å². The zero-order chi connectivity index (χ0) is 15.5. The third-order valence-electron chi connectivity index (χ3n) is 5.12. The summed E-state index contributed by atoms with van der Waals surface area (Å²) >= 11 is 0. The van der Waals surface area contributed by atoms with E-state index in [2.05, 4.69) is 48.3 Å². The van der Waals surface area contributed by atoms with Crippen LogP contribution < -0.4 is 5.32 Å². The van der Waals surface area contributed by atoms with Crippen molar-refractivity contribution in [3.8, 4) is 0 Å². The van der Waals surface area contributed by atoms with Crippen LogP contribution in [0.3, 0.4) is 0 Å². The second kappa shape index (κ2) is 7.09. The average molecular weight is 304 g/mol. The minimum absolute atomic E-state index is 0.0554. The van der Waals surface area contributed by atoms with Gasteiger partial charge in [-0.2, -0.15) is 0 Å². The van der Waals surface area contributed by atoms with Gasteiger partial charge in [0.25, 0.3) is 0 Å². The van der Waals surface area contributed by atoms with Gasteiger partial charge >= 0.3 is 0 Å². The second-order valence-electron chi connectivity index (χ2n) is 6.50. The first-order valence-corrected chi connectivity index (χ1v) is 8.56. The number of nitrogens with zero attached hydrogens (tertiary/aromatic N) is 1. The Morgan fingerprint density at radius 1 is 1.18 bits per heavy atom. The Bertz CT molecular complexity index is 465. The lowest BCUT2D eigenvalue weighted by Crippen LogP contribution is -2.48. The van der Waals surface area contributed by atoms with E-state index in [4.69, 9.17) is 4.74 Å². The van der Waals surface area contributed by atoms with Crippen LogP contribution in [0, 0.1) is 0 Å². The Balaban J connectivity index is 1.52. The fraction of sp³-hybridized carbons (Fsp3) is 0.667. The van der Waals surface area contributed by atoms with Crippen molar-refractivity contribution in [3.05, 3.63) is 35.4 Å². The third kappa shape index (κ3) is 3.35. The molecule has 1 aliphatic heterocycles. The molecule has 0 bridgehead atoms. The lowest BCUT2D eigenvalue weighted by atomic mass is 10.1. The summed E-state index contributed by atoms with van der Waals surface area (Å²) in [7, 11) is 0. The third-order valence-corrected chi connectivity index (χ3v) is 5.12. The average Bonchev–Trinajstić information content (AvgIpc) is 3.09. The molecule has 2 N–H and O–H groups in total. The monoisotopic (exact) mass is 304 g/mol. The quantitative estimate of drug-likeness (QED) is 0.829. The number of rotatable bonds is 6. The van der Waals surface area contributed by atoms with Gasteiger partial charge in [-0.1, -0.05) is 38.1 Å². The first kappa shape index (κ1) is 15.9. The molecule has 0 aromatic heterocycles. The van der Waals surface area contributed by atoms with Crippen LogP contribution in [0.5, 0.6) is 0 Å². The predicted molar refractivity (Wildman–Crippen MR) is 88.1 cm³/mol. The van der Waals surface area contributed by atoms with Crippen molar-refractivity contribution in [2.45, 2.75) is 51.0 Å². The number of fused-ring (bicyclic) bond motifs is 1. The summed E-state index contributed by atoms with van der Waals surface area (Å²) in [5.41, 5.74) is 2.88. The zero-order valence-electron chi connectivity index (χ0n) is 13.7. The normalized spacial score (nSPS) is 28.5. The number of likely N-dealkylation sites (N-methyl/N-ethyl adjacent to an activating group) is 1. The fourth-order valence-corrected chi connectivity index (χ4v) is 3.71. The highest BCUT2D eigenvalue weighted by Gasteiger charge is 2.38. The van der Waals surface area contributed by atoms with Crippen LogP contribution in [-0.2, 0) is 17.6 Å². The van der Waals surface area contributed by atoms with Gasteiger partial charge in [0.05, 0.1) is 24.9 Å². The van der Waals surface area contributed by atoms with Crippen LogP contribution in [0.2, 0.25) is 0 Å². The smallest absolute Gasteiger partial charge is 0.0989 e. The Hall–Kier alpha value is -0.940. The highest BCUT2D eigenvalue weighted by molar-refractivity contribution is 5.33. The summed E-state index contributed by atoms with van der Waals surface area (Å²) in [6.45, 7) is 7.72. The van der Waals surface area contributed by atoms with Gasteiger partial charge in [0, 0.05) is 12.6 Å². The van der Waals surface area contributed by atoms with Crippen LogP contribution >= 0.6 is 0 Å². The van der Waals surface area contributed by atoms with E-state index in [9.17, 15) is 5.11 Å². The zero-order valence-corrected chi connectivity index (χ0v) is 13.7. The van der Waals surface area contributed by atoms with Crippen molar-refractivity contribution < 1.29 is 9.84 Å². The SMILES string of the molecule is CCN(CC)C[C@@H]1OCC(NC2Cc3ccccc3C2)[C@H]1O. The number of aliphatic hydroxyl groups is 1. The molecule has 2 aliphatic rings. The Kier molecular flexibility index (Phi) is 5.14. The summed E-state index contributed by atoms with van der Waals surface area (Å²) < 4.78 is 5.85. The molecule has 1 heterocycles. The Morgan fingerprint density at radius 3 is 2.41 bits per heavy atom. The van der Waals surface area contributed by atoms with Crippen LogP contribution in [-0.4, -0.2) is 60.5 Å². The molecular weight excluding hydrogens is 276 g/mol. The van der Waals surface area contributed by atoms with Crippen molar-refractivity contribution in [1.82, 2.24) is 10.2 Å². The number of aliphatic hydroxyl groups excluding tert-OH is 1. The number of hydrogen-bond acceptors (Lipinski definition) is 4. The highest BCUT2D eigenvalue weighted by Crippen LogP contribution is 2.24. The maximum Gasteiger partial charge on any atom is 0.0989 e. The molecule has 22 heavy (non-hydrogen) atoms. The van der Waals surface area contributed by atoms with E-state index >= 15 is 0 Å². The second-order valence-corrected chi connectivity index (χ2v) is 6.50. The number of hydrogen-bond donors (Lipinski definition) is 2. The van der Waals surface area contributed by atoms with Crippen molar-refractivity contribution in [3.63, 3.8) is 0 Å². The van der Waals surface area contributed by atoms with E-state index in [1.807, 2.05) is 0 Å². The molecule has 1 unspecified atom stereocenters. The number of nitrogens with one attached hydrogen (secondary N) is 1. The van der Waals surface area contributed by atoms with Crippen molar-refractivity contribution in [2.24, 2.45) is 0 Å². The van der Waals surface area contributed by atoms with E-state index in [0.717, 1.165) is 32.5 Å². The largest absolute Gasteiger partial charge is 0.389 e.